The molecule has 0 spiro atoms. The van der Waals surface area contributed by atoms with Gasteiger partial charge in [-0.3, -0.25) is 0 Å². The quantitative estimate of drug-likeness (QED) is 0.870. The highest BCUT2D eigenvalue weighted by Gasteiger charge is 2.20. The molecule has 17 heavy (non-hydrogen) atoms. The second kappa shape index (κ2) is 4.47. The Hall–Kier alpha value is -1.38. The molecule has 0 saturated carbocycles. The average molecular weight is 227 g/mol. The van der Waals surface area contributed by atoms with E-state index < -0.39 is 0 Å². The molecule has 0 bridgehead atoms. The predicted octanol–water partition coefficient (Wildman–Crippen LogP) is 2.89. The standard InChI is InChI=1S/C15H17NO/c1-11(16-15-9-17-10-15)13-7-6-12-4-2-3-5-14(12)8-13/h2-8,11,15-16H,9-10H2,1H3. The van der Waals surface area contributed by atoms with E-state index in [0.29, 0.717) is 12.1 Å². The number of nitrogens with one attached hydrogen (secondary N) is 1. The molecule has 2 aromatic rings. The molecule has 88 valence electrons. The monoisotopic (exact) mass is 227 g/mol. The fourth-order valence-corrected chi connectivity index (χ4v) is 2.26. The van der Waals surface area contributed by atoms with Crippen LogP contribution in [0.5, 0.6) is 0 Å². The van der Waals surface area contributed by atoms with Crippen molar-refractivity contribution in [3.8, 4) is 0 Å². The van der Waals surface area contributed by atoms with Crippen LogP contribution in [0.25, 0.3) is 10.8 Å². The number of hydrogen-bond donors (Lipinski definition) is 1. The summed E-state index contributed by atoms with van der Waals surface area (Å²) in [6.07, 6.45) is 0. The summed E-state index contributed by atoms with van der Waals surface area (Å²) < 4.78 is 5.18. The van der Waals surface area contributed by atoms with Crippen LogP contribution in [0.1, 0.15) is 18.5 Å². The van der Waals surface area contributed by atoms with Gasteiger partial charge in [0.15, 0.2) is 0 Å². The molecule has 0 aliphatic carbocycles. The van der Waals surface area contributed by atoms with Crippen LogP contribution in [0.15, 0.2) is 42.5 Å². The third kappa shape index (κ3) is 2.19. The highest BCUT2D eigenvalue weighted by molar-refractivity contribution is 5.83. The summed E-state index contributed by atoms with van der Waals surface area (Å²) in [6, 6.07) is 16.1. The Morgan fingerprint density at radius 1 is 1.12 bits per heavy atom. The van der Waals surface area contributed by atoms with Gasteiger partial charge in [0.05, 0.1) is 19.3 Å². The normalized spacial score (nSPS) is 17.9. The molecule has 2 heteroatoms. The molecule has 2 aromatic carbocycles. The molecule has 1 unspecified atom stereocenters. The summed E-state index contributed by atoms with van der Waals surface area (Å²) in [5.41, 5.74) is 1.34. The summed E-state index contributed by atoms with van der Waals surface area (Å²) >= 11 is 0. The van der Waals surface area contributed by atoms with Gasteiger partial charge in [-0.2, -0.15) is 0 Å². The van der Waals surface area contributed by atoms with Gasteiger partial charge in [0.25, 0.3) is 0 Å². The zero-order valence-electron chi connectivity index (χ0n) is 10.0. The highest BCUT2D eigenvalue weighted by Crippen LogP contribution is 2.21. The minimum absolute atomic E-state index is 0.383. The molecule has 1 N–H and O–H groups in total. The molecule has 2 nitrogen and oxygen atoms in total. The lowest BCUT2D eigenvalue weighted by atomic mass is 10.0. The molecule has 1 saturated heterocycles. The van der Waals surface area contributed by atoms with Crippen LogP contribution in [-0.2, 0) is 4.74 Å². The van der Waals surface area contributed by atoms with Gasteiger partial charge in [0.1, 0.15) is 0 Å². The minimum atomic E-state index is 0.383. The molecule has 1 aliphatic rings. The summed E-state index contributed by atoms with van der Waals surface area (Å²) in [7, 11) is 0. The van der Waals surface area contributed by atoms with Crippen molar-refractivity contribution in [2.45, 2.75) is 19.0 Å². The van der Waals surface area contributed by atoms with Crippen molar-refractivity contribution >= 4 is 10.8 Å². The fourth-order valence-electron chi connectivity index (χ4n) is 2.26. The summed E-state index contributed by atoms with van der Waals surface area (Å²) in [5, 5.41) is 6.18. The van der Waals surface area contributed by atoms with Crippen LogP contribution in [-0.4, -0.2) is 19.3 Å². The number of benzene rings is 2. The predicted molar refractivity (Wildman–Crippen MR) is 70.1 cm³/mol. The Morgan fingerprint density at radius 2 is 1.88 bits per heavy atom. The topological polar surface area (TPSA) is 21.3 Å². The van der Waals surface area contributed by atoms with E-state index in [1.807, 2.05) is 0 Å². The number of rotatable bonds is 3. The van der Waals surface area contributed by atoms with E-state index in [4.69, 9.17) is 4.74 Å². The first-order chi connectivity index (χ1) is 8.33. The molecular formula is C15H17NO. The van der Waals surface area contributed by atoms with Crippen LogP contribution < -0.4 is 5.32 Å². The zero-order chi connectivity index (χ0) is 11.7. The molecule has 1 heterocycles. The van der Waals surface area contributed by atoms with Crippen LogP contribution in [0.2, 0.25) is 0 Å². The third-order valence-electron chi connectivity index (χ3n) is 3.40. The van der Waals surface area contributed by atoms with E-state index in [1.54, 1.807) is 0 Å². The molecule has 3 rings (SSSR count). The molecule has 1 atom stereocenters. The molecule has 1 aliphatic heterocycles. The van der Waals surface area contributed by atoms with Gasteiger partial charge in [-0.15, -0.1) is 0 Å². The minimum Gasteiger partial charge on any atom is -0.378 e. The van der Waals surface area contributed by atoms with Crippen molar-refractivity contribution < 1.29 is 4.74 Å². The fraction of sp³-hybridized carbons (Fsp3) is 0.333. The zero-order valence-corrected chi connectivity index (χ0v) is 10.0. The molecule has 1 fully saturated rings. The van der Waals surface area contributed by atoms with Crippen molar-refractivity contribution in [2.24, 2.45) is 0 Å². The average Bonchev–Trinajstić information content (AvgIpc) is 2.33. The highest BCUT2D eigenvalue weighted by atomic mass is 16.5. The summed E-state index contributed by atoms with van der Waals surface area (Å²) in [5.74, 6) is 0. The second-order valence-electron chi connectivity index (χ2n) is 4.73. The van der Waals surface area contributed by atoms with Gasteiger partial charge in [-0.1, -0.05) is 36.4 Å². The summed E-state index contributed by atoms with van der Waals surface area (Å²) in [4.78, 5) is 0. The van der Waals surface area contributed by atoms with Gasteiger partial charge in [0.2, 0.25) is 0 Å². The van der Waals surface area contributed by atoms with Crippen LogP contribution in [0.3, 0.4) is 0 Å². The number of fused-ring (bicyclic) bond motifs is 1. The van der Waals surface area contributed by atoms with E-state index in [9.17, 15) is 0 Å². The van der Waals surface area contributed by atoms with Crippen molar-refractivity contribution in [1.82, 2.24) is 5.32 Å². The lowest BCUT2D eigenvalue weighted by molar-refractivity contribution is -0.00924. The van der Waals surface area contributed by atoms with E-state index >= 15 is 0 Å². The maximum absolute atomic E-state index is 5.18. The maximum Gasteiger partial charge on any atom is 0.0643 e. The van der Waals surface area contributed by atoms with Gasteiger partial charge < -0.3 is 10.1 Å². The van der Waals surface area contributed by atoms with Crippen LogP contribution in [0.4, 0.5) is 0 Å². The van der Waals surface area contributed by atoms with Gasteiger partial charge in [-0.25, -0.2) is 0 Å². The smallest absolute Gasteiger partial charge is 0.0643 e. The largest absolute Gasteiger partial charge is 0.378 e. The lowest BCUT2D eigenvalue weighted by Gasteiger charge is -2.30. The van der Waals surface area contributed by atoms with Crippen molar-refractivity contribution in [1.29, 1.82) is 0 Å². The first kappa shape index (κ1) is 10.8. The van der Waals surface area contributed by atoms with Crippen molar-refractivity contribution in [3.63, 3.8) is 0 Å². The lowest BCUT2D eigenvalue weighted by Crippen LogP contribution is -2.46. The molecular weight excluding hydrogens is 210 g/mol. The third-order valence-corrected chi connectivity index (χ3v) is 3.40. The molecule has 0 amide bonds. The first-order valence-corrected chi connectivity index (χ1v) is 6.15. The second-order valence-corrected chi connectivity index (χ2v) is 4.73. The SMILES string of the molecule is CC(NC1COC1)c1ccc2ccccc2c1. The maximum atomic E-state index is 5.18. The molecule has 0 aromatic heterocycles. The van der Waals surface area contributed by atoms with Crippen molar-refractivity contribution in [2.75, 3.05) is 13.2 Å². The number of hydrogen-bond acceptors (Lipinski definition) is 2. The van der Waals surface area contributed by atoms with Crippen molar-refractivity contribution in [3.05, 3.63) is 48.0 Å². The van der Waals surface area contributed by atoms with Gasteiger partial charge in [0, 0.05) is 6.04 Å². The van der Waals surface area contributed by atoms with Gasteiger partial charge >= 0.3 is 0 Å². The Kier molecular flexibility index (Phi) is 2.83. The van der Waals surface area contributed by atoms with Gasteiger partial charge in [-0.05, 0) is 29.3 Å². The van der Waals surface area contributed by atoms with E-state index in [1.165, 1.54) is 16.3 Å². The Bertz CT molecular complexity index is 519. The van der Waals surface area contributed by atoms with E-state index in [0.717, 1.165) is 13.2 Å². The Balaban J connectivity index is 1.83. The summed E-state index contributed by atoms with van der Waals surface area (Å²) in [6.45, 7) is 3.90. The first-order valence-electron chi connectivity index (χ1n) is 6.15. The van der Waals surface area contributed by atoms with Crippen LogP contribution in [0, 0.1) is 0 Å². The Morgan fingerprint density at radius 3 is 2.59 bits per heavy atom. The van der Waals surface area contributed by atoms with Crippen LogP contribution >= 0.6 is 0 Å². The van der Waals surface area contributed by atoms with E-state index in [-0.39, 0.29) is 0 Å². The number of ether oxygens (including phenoxy) is 1. The van der Waals surface area contributed by atoms with E-state index in [2.05, 4.69) is 54.7 Å². The molecule has 0 radical (unpaired) electrons. The Labute approximate surface area is 102 Å².